The van der Waals surface area contributed by atoms with Gasteiger partial charge in [0.25, 0.3) is 0 Å². The number of hydrogen-bond acceptors (Lipinski definition) is 5. The van der Waals surface area contributed by atoms with E-state index in [1.807, 2.05) is 0 Å². The van der Waals surface area contributed by atoms with Crippen molar-refractivity contribution in [2.45, 2.75) is 19.9 Å². The number of hydrogen-bond donors (Lipinski definition) is 2. The zero-order chi connectivity index (χ0) is 11.4. The minimum Gasteiger partial charge on any atom is -0.467 e. The van der Waals surface area contributed by atoms with Gasteiger partial charge in [0.2, 0.25) is 5.91 Å². The summed E-state index contributed by atoms with van der Waals surface area (Å²) in [6.45, 7) is 3.38. The molecule has 1 aromatic rings. The monoisotopic (exact) mass is 210 g/mol. The van der Waals surface area contributed by atoms with Gasteiger partial charge in [0, 0.05) is 11.8 Å². The molecule has 1 aromatic heterocycles. The van der Waals surface area contributed by atoms with E-state index in [-0.39, 0.29) is 11.9 Å². The third kappa shape index (κ3) is 3.17. The second-order valence-electron chi connectivity index (χ2n) is 3.16. The molecule has 0 aromatic carbocycles. The highest BCUT2D eigenvalue weighted by molar-refractivity contribution is 5.93. The standard InChI is InChI=1S/C9H14N4O2/c1-5-4-7(12-8(14)6(2)10)13-9(11-5)15-3/h4,6H,10H2,1-3H3,(H,11,12,13,14)/t6-/m0/s1. The van der Waals surface area contributed by atoms with E-state index in [0.717, 1.165) is 0 Å². The van der Waals surface area contributed by atoms with Gasteiger partial charge in [-0.25, -0.2) is 4.98 Å². The quantitative estimate of drug-likeness (QED) is 0.737. The Kier molecular flexibility index (Phi) is 3.56. The molecule has 1 atom stereocenters. The molecule has 1 amide bonds. The van der Waals surface area contributed by atoms with Crippen molar-refractivity contribution in [3.8, 4) is 6.01 Å². The third-order valence-corrected chi connectivity index (χ3v) is 1.68. The molecule has 6 nitrogen and oxygen atoms in total. The highest BCUT2D eigenvalue weighted by Crippen LogP contribution is 2.10. The Morgan fingerprint density at radius 1 is 1.60 bits per heavy atom. The van der Waals surface area contributed by atoms with Crippen LogP contribution in [0.15, 0.2) is 6.07 Å². The van der Waals surface area contributed by atoms with Crippen molar-refractivity contribution in [1.82, 2.24) is 9.97 Å². The van der Waals surface area contributed by atoms with Crippen LogP contribution in [0.2, 0.25) is 0 Å². The van der Waals surface area contributed by atoms with Gasteiger partial charge >= 0.3 is 6.01 Å². The van der Waals surface area contributed by atoms with Crippen LogP contribution in [-0.2, 0) is 4.79 Å². The number of nitrogens with two attached hydrogens (primary N) is 1. The molecule has 15 heavy (non-hydrogen) atoms. The normalized spacial score (nSPS) is 12.0. The fraction of sp³-hybridized carbons (Fsp3) is 0.444. The van der Waals surface area contributed by atoms with Crippen LogP contribution in [0.1, 0.15) is 12.6 Å². The molecule has 0 bridgehead atoms. The molecule has 0 aliphatic heterocycles. The Morgan fingerprint density at radius 2 is 2.27 bits per heavy atom. The second kappa shape index (κ2) is 4.70. The fourth-order valence-electron chi connectivity index (χ4n) is 0.937. The Hall–Kier alpha value is -1.69. The van der Waals surface area contributed by atoms with Crippen LogP contribution in [0, 0.1) is 6.92 Å². The van der Waals surface area contributed by atoms with Crippen molar-refractivity contribution < 1.29 is 9.53 Å². The summed E-state index contributed by atoms with van der Waals surface area (Å²) >= 11 is 0. The fourth-order valence-corrected chi connectivity index (χ4v) is 0.937. The molecular weight excluding hydrogens is 196 g/mol. The van der Waals surface area contributed by atoms with Gasteiger partial charge < -0.3 is 15.8 Å². The van der Waals surface area contributed by atoms with Crippen LogP contribution in [-0.4, -0.2) is 29.0 Å². The van der Waals surface area contributed by atoms with Crippen molar-refractivity contribution in [3.63, 3.8) is 0 Å². The first kappa shape index (κ1) is 11.4. The number of amides is 1. The molecule has 0 unspecified atom stereocenters. The summed E-state index contributed by atoms with van der Waals surface area (Å²) in [5, 5.41) is 2.56. The summed E-state index contributed by atoms with van der Waals surface area (Å²) in [7, 11) is 1.46. The first-order valence-electron chi connectivity index (χ1n) is 4.49. The summed E-state index contributed by atoms with van der Waals surface area (Å²) in [6.07, 6.45) is 0. The molecule has 82 valence electrons. The van der Waals surface area contributed by atoms with E-state index >= 15 is 0 Å². The zero-order valence-electron chi connectivity index (χ0n) is 8.94. The van der Waals surface area contributed by atoms with Gasteiger partial charge in [-0.2, -0.15) is 4.98 Å². The van der Waals surface area contributed by atoms with Gasteiger partial charge in [-0.15, -0.1) is 0 Å². The SMILES string of the molecule is COc1nc(C)cc(NC(=O)[C@H](C)N)n1. The summed E-state index contributed by atoms with van der Waals surface area (Å²) in [4.78, 5) is 19.2. The Bertz CT molecular complexity index is 365. The number of nitrogens with one attached hydrogen (secondary N) is 1. The smallest absolute Gasteiger partial charge is 0.318 e. The molecule has 1 rings (SSSR count). The molecule has 0 aliphatic rings. The van der Waals surface area contributed by atoms with Crippen LogP contribution in [0.3, 0.4) is 0 Å². The second-order valence-corrected chi connectivity index (χ2v) is 3.16. The Balaban J connectivity index is 2.85. The molecule has 0 spiro atoms. The Labute approximate surface area is 87.9 Å². The maximum atomic E-state index is 11.3. The number of aromatic nitrogens is 2. The lowest BCUT2D eigenvalue weighted by Crippen LogP contribution is -2.32. The van der Waals surface area contributed by atoms with Gasteiger partial charge in [0.1, 0.15) is 5.82 Å². The molecule has 1 heterocycles. The number of anilines is 1. The number of nitrogens with zero attached hydrogens (tertiary/aromatic N) is 2. The first-order chi connectivity index (χ1) is 7.02. The van der Waals surface area contributed by atoms with Crippen LogP contribution in [0.25, 0.3) is 0 Å². The third-order valence-electron chi connectivity index (χ3n) is 1.68. The van der Waals surface area contributed by atoms with Gasteiger partial charge in [0.15, 0.2) is 0 Å². The highest BCUT2D eigenvalue weighted by Gasteiger charge is 2.09. The van der Waals surface area contributed by atoms with Crippen LogP contribution < -0.4 is 15.8 Å². The van der Waals surface area contributed by atoms with E-state index in [2.05, 4.69) is 15.3 Å². The van der Waals surface area contributed by atoms with E-state index in [1.165, 1.54) is 7.11 Å². The van der Waals surface area contributed by atoms with Crippen molar-refractivity contribution in [3.05, 3.63) is 11.8 Å². The number of rotatable bonds is 3. The van der Waals surface area contributed by atoms with Gasteiger partial charge in [-0.3, -0.25) is 4.79 Å². The molecule has 0 saturated heterocycles. The summed E-state index contributed by atoms with van der Waals surface area (Å²) in [5.41, 5.74) is 6.12. The predicted octanol–water partition coefficient (Wildman–Crippen LogP) is 0.0793. The molecular formula is C9H14N4O2. The molecule has 6 heteroatoms. The summed E-state index contributed by atoms with van der Waals surface area (Å²) < 4.78 is 4.87. The number of carbonyl (C=O) groups is 1. The minimum atomic E-state index is -0.578. The van der Waals surface area contributed by atoms with E-state index in [9.17, 15) is 4.79 Å². The van der Waals surface area contributed by atoms with Crippen molar-refractivity contribution >= 4 is 11.7 Å². The highest BCUT2D eigenvalue weighted by atomic mass is 16.5. The van der Waals surface area contributed by atoms with Crippen molar-refractivity contribution in [1.29, 1.82) is 0 Å². The van der Waals surface area contributed by atoms with E-state index in [4.69, 9.17) is 10.5 Å². The molecule has 0 saturated carbocycles. The lowest BCUT2D eigenvalue weighted by molar-refractivity contribution is -0.117. The van der Waals surface area contributed by atoms with Gasteiger partial charge in [0.05, 0.1) is 13.2 Å². The van der Waals surface area contributed by atoms with Crippen LogP contribution >= 0.6 is 0 Å². The zero-order valence-corrected chi connectivity index (χ0v) is 8.94. The van der Waals surface area contributed by atoms with Gasteiger partial charge in [-0.05, 0) is 13.8 Å². The van der Waals surface area contributed by atoms with Crippen molar-refractivity contribution in [2.75, 3.05) is 12.4 Å². The maximum Gasteiger partial charge on any atom is 0.318 e. The molecule has 0 radical (unpaired) electrons. The maximum absolute atomic E-state index is 11.3. The molecule has 0 fully saturated rings. The lowest BCUT2D eigenvalue weighted by atomic mass is 10.3. The summed E-state index contributed by atoms with van der Waals surface area (Å²) in [5.74, 6) is 0.0943. The number of ether oxygens (including phenoxy) is 1. The topological polar surface area (TPSA) is 90.1 Å². The minimum absolute atomic E-state index is 0.218. The number of methoxy groups -OCH3 is 1. The average molecular weight is 210 g/mol. The lowest BCUT2D eigenvalue weighted by Gasteiger charge is -2.08. The Morgan fingerprint density at radius 3 is 2.80 bits per heavy atom. The molecule has 3 N–H and O–H groups in total. The predicted molar refractivity (Wildman–Crippen MR) is 55.6 cm³/mol. The van der Waals surface area contributed by atoms with Crippen molar-refractivity contribution in [2.24, 2.45) is 5.73 Å². The van der Waals surface area contributed by atoms with Crippen LogP contribution in [0.5, 0.6) is 6.01 Å². The first-order valence-corrected chi connectivity index (χ1v) is 4.49. The van der Waals surface area contributed by atoms with Crippen LogP contribution in [0.4, 0.5) is 5.82 Å². The largest absolute Gasteiger partial charge is 0.467 e. The van der Waals surface area contributed by atoms with E-state index in [1.54, 1.807) is 19.9 Å². The van der Waals surface area contributed by atoms with E-state index in [0.29, 0.717) is 11.5 Å². The number of aryl methyl sites for hydroxylation is 1. The average Bonchev–Trinajstić information content (AvgIpc) is 2.16. The summed E-state index contributed by atoms with van der Waals surface area (Å²) in [6, 6.07) is 1.28. The molecule has 0 aliphatic carbocycles. The van der Waals surface area contributed by atoms with E-state index < -0.39 is 6.04 Å². The van der Waals surface area contributed by atoms with Gasteiger partial charge in [-0.1, -0.05) is 0 Å². The number of carbonyl (C=O) groups excluding carboxylic acids is 1.